The van der Waals surface area contributed by atoms with Crippen LogP contribution in [0.1, 0.15) is 20.3 Å². The lowest BCUT2D eigenvalue weighted by molar-refractivity contribution is 0.172. The molecule has 21 heavy (non-hydrogen) atoms. The predicted octanol–water partition coefficient (Wildman–Crippen LogP) is 2.97. The summed E-state index contributed by atoms with van der Waals surface area (Å²) in [5.41, 5.74) is 0. The van der Waals surface area contributed by atoms with Crippen LogP contribution < -0.4 is 0 Å². The Morgan fingerprint density at radius 1 is 0.857 bits per heavy atom. The van der Waals surface area contributed by atoms with Gasteiger partial charge in [-0.1, -0.05) is 19.6 Å². The van der Waals surface area contributed by atoms with Gasteiger partial charge in [-0.15, -0.1) is 0 Å². The molecule has 126 valence electrons. The van der Waals surface area contributed by atoms with Crippen LogP contribution in [-0.2, 0) is 8.85 Å². The molecule has 0 aromatic carbocycles. The van der Waals surface area contributed by atoms with Crippen LogP contribution >= 0.6 is 0 Å². The summed E-state index contributed by atoms with van der Waals surface area (Å²) in [6, 6.07) is 1.11. The van der Waals surface area contributed by atoms with Crippen molar-refractivity contribution in [2.75, 3.05) is 45.9 Å². The van der Waals surface area contributed by atoms with Gasteiger partial charge in [-0.2, -0.15) is 0 Å². The summed E-state index contributed by atoms with van der Waals surface area (Å²) in [6.45, 7) is 21.4. The quantitative estimate of drug-likeness (QED) is 0.606. The molecule has 0 spiro atoms. The zero-order chi connectivity index (χ0) is 15.9. The molecule has 1 heterocycles. The van der Waals surface area contributed by atoms with Crippen molar-refractivity contribution >= 4 is 16.8 Å². The molecule has 0 N–H and O–H groups in total. The van der Waals surface area contributed by atoms with Crippen LogP contribution in [0.2, 0.25) is 32.2 Å². The van der Waals surface area contributed by atoms with Gasteiger partial charge in [0.15, 0.2) is 0 Å². The highest BCUT2D eigenvalue weighted by Crippen LogP contribution is 2.18. The monoisotopic (exact) mass is 332 g/mol. The Kier molecular flexibility index (Phi) is 8.09. The summed E-state index contributed by atoms with van der Waals surface area (Å²) in [5.74, 6) is 0. The predicted molar refractivity (Wildman–Crippen MR) is 95.7 cm³/mol. The van der Waals surface area contributed by atoms with E-state index in [2.05, 4.69) is 49.5 Å². The van der Waals surface area contributed by atoms with E-state index in [9.17, 15) is 0 Å². The van der Waals surface area contributed by atoms with Crippen LogP contribution in [0.25, 0.3) is 0 Å². The molecule has 6 heteroatoms. The molecule has 0 aromatic heterocycles. The van der Waals surface area contributed by atoms with E-state index in [1.165, 1.54) is 39.1 Å². The largest absolute Gasteiger partial charge is 0.395 e. The van der Waals surface area contributed by atoms with Gasteiger partial charge in [-0.3, -0.25) is 0 Å². The average Bonchev–Trinajstić information content (AvgIpc) is 2.39. The van der Waals surface area contributed by atoms with E-state index < -0.39 is 16.8 Å². The van der Waals surface area contributed by atoms with Gasteiger partial charge in [-0.25, -0.2) is 0 Å². The molecule has 1 rings (SSSR count). The van der Waals surface area contributed by atoms with E-state index in [-0.39, 0.29) is 0 Å². The van der Waals surface area contributed by atoms with Gasteiger partial charge in [0.05, 0.1) is 0 Å². The second kappa shape index (κ2) is 8.79. The first-order valence-corrected chi connectivity index (χ1v) is 14.5. The van der Waals surface area contributed by atoms with Crippen LogP contribution in [0.3, 0.4) is 0 Å². The Morgan fingerprint density at radius 2 is 1.38 bits per heavy atom. The van der Waals surface area contributed by atoms with Crippen molar-refractivity contribution in [2.24, 2.45) is 0 Å². The van der Waals surface area contributed by atoms with Crippen LogP contribution in [0.15, 0.2) is 0 Å². The Balaban J connectivity index is 2.27. The summed E-state index contributed by atoms with van der Waals surface area (Å²) >= 11 is 0. The molecular formula is C15H36N2O2Si2. The highest BCUT2D eigenvalue weighted by atomic mass is 28.4. The summed E-state index contributed by atoms with van der Waals surface area (Å²) < 4.78 is 14.6. The SMILES string of the molecule is CCO[Si](C)(CCCN1CCN([Si](C)(C)C)CC1)OCC. The molecule has 1 saturated heterocycles. The molecule has 1 fully saturated rings. The molecule has 0 aromatic rings. The molecule has 0 amide bonds. The third kappa shape index (κ3) is 6.92. The van der Waals surface area contributed by atoms with Crippen LogP contribution in [0, 0.1) is 0 Å². The number of hydrogen-bond donors (Lipinski definition) is 0. The topological polar surface area (TPSA) is 24.9 Å². The lowest BCUT2D eigenvalue weighted by Crippen LogP contribution is -2.56. The first-order chi connectivity index (χ1) is 9.80. The molecule has 0 saturated carbocycles. The fourth-order valence-corrected chi connectivity index (χ4v) is 7.00. The summed E-state index contributed by atoms with van der Waals surface area (Å²) in [6.07, 6.45) is 1.20. The lowest BCUT2D eigenvalue weighted by Gasteiger charge is -2.41. The van der Waals surface area contributed by atoms with Gasteiger partial charge in [-0.05, 0) is 39.4 Å². The Labute approximate surface area is 134 Å². The summed E-state index contributed by atoms with van der Waals surface area (Å²) in [5, 5.41) is 0. The smallest absolute Gasteiger partial charge is 0.334 e. The maximum absolute atomic E-state index is 5.92. The molecular weight excluding hydrogens is 296 g/mol. The van der Waals surface area contributed by atoms with E-state index in [0.717, 1.165) is 19.3 Å². The van der Waals surface area contributed by atoms with Crippen molar-refractivity contribution < 1.29 is 8.85 Å². The standard InChI is InChI=1S/C15H36N2O2Si2/c1-7-18-21(6,19-8-2)15-9-10-16-11-13-17(14-12-16)20(3,4)5/h7-15H2,1-6H3. The van der Waals surface area contributed by atoms with E-state index in [1.54, 1.807) is 0 Å². The van der Waals surface area contributed by atoms with Gasteiger partial charge in [0, 0.05) is 39.4 Å². The molecule has 0 atom stereocenters. The van der Waals surface area contributed by atoms with Gasteiger partial charge in [0.2, 0.25) is 0 Å². The lowest BCUT2D eigenvalue weighted by atomic mass is 10.3. The number of rotatable bonds is 9. The van der Waals surface area contributed by atoms with Gasteiger partial charge in [0.25, 0.3) is 0 Å². The molecule has 0 bridgehead atoms. The fourth-order valence-electron chi connectivity index (χ4n) is 3.06. The van der Waals surface area contributed by atoms with Crippen molar-refractivity contribution in [1.82, 2.24) is 9.47 Å². The zero-order valence-electron chi connectivity index (χ0n) is 15.1. The minimum absolute atomic E-state index is 0.775. The molecule has 0 aliphatic carbocycles. The maximum atomic E-state index is 5.92. The number of piperazine rings is 1. The van der Waals surface area contributed by atoms with Crippen LogP contribution in [0.4, 0.5) is 0 Å². The van der Waals surface area contributed by atoms with E-state index in [0.29, 0.717) is 0 Å². The van der Waals surface area contributed by atoms with E-state index in [1.807, 2.05) is 0 Å². The van der Waals surface area contributed by atoms with E-state index >= 15 is 0 Å². The Bertz CT molecular complexity index is 284. The Morgan fingerprint density at radius 3 is 1.81 bits per heavy atom. The molecule has 4 nitrogen and oxygen atoms in total. The van der Waals surface area contributed by atoms with Crippen molar-refractivity contribution in [3.05, 3.63) is 0 Å². The van der Waals surface area contributed by atoms with Crippen LogP contribution in [-0.4, -0.2) is 72.2 Å². The third-order valence-electron chi connectivity index (χ3n) is 4.33. The average molecular weight is 333 g/mol. The third-order valence-corrected chi connectivity index (χ3v) is 9.73. The van der Waals surface area contributed by atoms with Gasteiger partial charge < -0.3 is 18.3 Å². The first kappa shape index (κ1) is 19.3. The molecule has 1 aliphatic heterocycles. The number of hydrogen-bond acceptors (Lipinski definition) is 4. The Hall–Kier alpha value is 0.274. The summed E-state index contributed by atoms with van der Waals surface area (Å²) in [4.78, 5) is 2.61. The van der Waals surface area contributed by atoms with Crippen molar-refractivity contribution in [2.45, 2.75) is 52.5 Å². The van der Waals surface area contributed by atoms with Crippen molar-refractivity contribution in [3.8, 4) is 0 Å². The van der Waals surface area contributed by atoms with E-state index in [4.69, 9.17) is 8.85 Å². The van der Waals surface area contributed by atoms with Crippen molar-refractivity contribution in [1.29, 1.82) is 0 Å². The van der Waals surface area contributed by atoms with Gasteiger partial charge in [0.1, 0.15) is 8.24 Å². The minimum atomic E-state index is -1.91. The minimum Gasteiger partial charge on any atom is -0.395 e. The second-order valence-corrected chi connectivity index (χ2v) is 15.4. The van der Waals surface area contributed by atoms with Crippen LogP contribution in [0.5, 0.6) is 0 Å². The normalized spacial score (nSPS) is 19.1. The highest BCUT2D eigenvalue weighted by Gasteiger charge is 2.31. The molecule has 0 radical (unpaired) electrons. The maximum Gasteiger partial charge on any atom is 0.334 e. The fraction of sp³-hybridized carbons (Fsp3) is 1.00. The molecule has 0 unspecified atom stereocenters. The second-order valence-electron chi connectivity index (χ2n) is 7.10. The number of nitrogens with zero attached hydrogens (tertiary/aromatic N) is 2. The van der Waals surface area contributed by atoms with Crippen molar-refractivity contribution in [3.63, 3.8) is 0 Å². The highest BCUT2D eigenvalue weighted by molar-refractivity contribution is 6.73. The van der Waals surface area contributed by atoms with Gasteiger partial charge >= 0.3 is 8.56 Å². The zero-order valence-corrected chi connectivity index (χ0v) is 17.1. The summed E-state index contributed by atoms with van der Waals surface area (Å²) in [7, 11) is -3.00. The first-order valence-electron chi connectivity index (χ1n) is 8.56. The molecule has 1 aliphatic rings.